The number of fused-ring (bicyclic) bond motifs is 1. The highest BCUT2D eigenvalue weighted by atomic mass is 79.9. The fourth-order valence-electron chi connectivity index (χ4n) is 1.29. The summed E-state index contributed by atoms with van der Waals surface area (Å²) in [6.07, 6.45) is 0. The van der Waals surface area contributed by atoms with Gasteiger partial charge in [-0.25, -0.2) is 9.78 Å². The fourth-order valence-corrected chi connectivity index (χ4v) is 1.98. The number of aromatic carboxylic acids is 1. The molecule has 1 N–H and O–H groups in total. The Morgan fingerprint density at radius 3 is 2.87 bits per heavy atom. The lowest BCUT2D eigenvalue weighted by Crippen LogP contribution is -1.99. The summed E-state index contributed by atoms with van der Waals surface area (Å²) >= 11 is 9.08. The number of benzene rings is 1. The Morgan fingerprint density at radius 1 is 1.47 bits per heavy atom. The van der Waals surface area contributed by atoms with Gasteiger partial charge in [-0.05, 0) is 28.1 Å². The molecule has 15 heavy (non-hydrogen) atoms. The molecule has 0 aliphatic rings. The zero-order valence-electron chi connectivity index (χ0n) is 7.37. The van der Waals surface area contributed by atoms with Gasteiger partial charge in [-0.3, -0.25) is 0 Å². The predicted octanol–water partition coefficient (Wildman–Crippen LogP) is 3.35. The van der Waals surface area contributed by atoms with Crippen molar-refractivity contribution in [1.82, 2.24) is 4.98 Å². The third-order valence-corrected chi connectivity index (χ3v) is 2.91. The minimum atomic E-state index is -1.07. The number of pyridine rings is 1. The first-order valence-electron chi connectivity index (χ1n) is 4.07. The first-order valence-corrected chi connectivity index (χ1v) is 5.25. The molecule has 0 spiro atoms. The number of halogens is 2. The monoisotopic (exact) mass is 285 g/mol. The van der Waals surface area contributed by atoms with Gasteiger partial charge in [0.1, 0.15) is 5.15 Å². The van der Waals surface area contributed by atoms with Gasteiger partial charge in [0, 0.05) is 9.86 Å². The van der Waals surface area contributed by atoms with Gasteiger partial charge in [0.15, 0.2) is 0 Å². The lowest BCUT2D eigenvalue weighted by atomic mass is 10.1. The molecule has 0 saturated carbocycles. The van der Waals surface area contributed by atoms with Crippen molar-refractivity contribution in [2.75, 3.05) is 0 Å². The van der Waals surface area contributed by atoms with E-state index in [-0.39, 0.29) is 10.7 Å². The van der Waals surface area contributed by atoms with Crippen LogP contribution in [0.25, 0.3) is 10.9 Å². The number of carboxylic acids is 1. The van der Waals surface area contributed by atoms with E-state index in [1.54, 1.807) is 6.07 Å². The summed E-state index contributed by atoms with van der Waals surface area (Å²) in [7, 11) is 0. The van der Waals surface area contributed by atoms with Crippen LogP contribution in [0.15, 0.2) is 28.7 Å². The van der Waals surface area contributed by atoms with Crippen LogP contribution >= 0.6 is 27.5 Å². The SMILES string of the molecule is O=C(O)c1cc2cccc(Br)c2nc1Cl. The van der Waals surface area contributed by atoms with Gasteiger partial charge in [-0.1, -0.05) is 23.7 Å². The van der Waals surface area contributed by atoms with E-state index in [0.29, 0.717) is 5.52 Å². The molecule has 2 rings (SSSR count). The Labute approximate surface area is 98.8 Å². The van der Waals surface area contributed by atoms with Gasteiger partial charge >= 0.3 is 5.97 Å². The second kappa shape index (κ2) is 3.79. The summed E-state index contributed by atoms with van der Waals surface area (Å²) < 4.78 is 0.791. The first kappa shape index (κ1) is 10.4. The number of carboxylic acid groups (broad SMARTS) is 1. The molecule has 0 atom stereocenters. The van der Waals surface area contributed by atoms with Crippen LogP contribution in [-0.4, -0.2) is 16.1 Å². The van der Waals surface area contributed by atoms with Gasteiger partial charge in [-0.15, -0.1) is 0 Å². The van der Waals surface area contributed by atoms with Crippen molar-refractivity contribution in [1.29, 1.82) is 0 Å². The summed E-state index contributed by atoms with van der Waals surface area (Å²) in [5.74, 6) is -1.07. The summed E-state index contributed by atoms with van der Waals surface area (Å²) in [6, 6.07) is 6.94. The molecule has 0 aliphatic heterocycles. The van der Waals surface area contributed by atoms with Gasteiger partial charge in [0.2, 0.25) is 0 Å². The number of aromatic nitrogens is 1. The summed E-state index contributed by atoms with van der Waals surface area (Å²) in [5.41, 5.74) is 0.676. The molecule has 5 heteroatoms. The predicted molar refractivity (Wildman–Crippen MR) is 61.4 cm³/mol. The molecule has 0 saturated heterocycles. The van der Waals surface area contributed by atoms with Gasteiger partial charge < -0.3 is 5.11 Å². The third kappa shape index (κ3) is 1.82. The maximum Gasteiger partial charge on any atom is 0.338 e. The highest BCUT2D eigenvalue weighted by molar-refractivity contribution is 9.10. The molecule has 0 aliphatic carbocycles. The lowest BCUT2D eigenvalue weighted by Gasteiger charge is -2.03. The average molecular weight is 287 g/mol. The summed E-state index contributed by atoms with van der Waals surface area (Å²) in [5, 5.41) is 9.60. The van der Waals surface area contributed by atoms with Crippen molar-refractivity contribution in [3.05, 3.63) is 39.5 Å². The normalized spacial score (nSPS) is 10.5. The molecule has 3 nitrogen and oxygen atoms in total. The molecule has 0 amide bonds. The van der Waals surface area contributed by atoms with E-state index in [1.165, 1.54) is 6.07 Å². The molecule has 2 aromatic rings. The van der Waals surface area contributed by atoms with Crippen molar-refractivity contribution < 1.29 is 9.90 Å². The molecule has 1 aromatic heterocycles. The Morgan fingerprint density at radius 2 is 2.20 bits per heavy atom. The van der Waals surface area contributed by atoms with Crippen molar-refractivity contribution in [2.45, 2.75) is 0 Å². The number of hydrogen-bond acceptors (Lipinski definition) is 2. The first-order chi connectivity index (χ1) is 7.09. The summed E-state index contributed by atoms with van der Waals surface area (Å²) in [4.78, 5) is 14.8. The van der Waals surface area contributed by atoms with Gasteiger partial charge in [0.05, 0.1) is 11.1 Å². The lowest BCUT2D eigenvalue weighted by molar-refractivity contribution is 0.0697. The van der Waals surface area contributed by atoms with E-state index >= 15 is 0 Å². The van der Waals surface area contributed by atoms with Gasteiger partial charge in [0.25, 0.3) is 0 Å². The smallest absolute Gasteiger partial charge is 0.338 e. The van der Waals surface area contributed by atoms with E-state index in [1.807, 2.05) is 12.1 Å². The van der Waals surface area contributed by atoms with Crippen LogP contribution < -0.4 is 0 Å². The molecule has 0 fully saturated rings. The highest BCUT2D eigenvalue weighted by Crippen LogP contribution is 2.26. The molecule has 0 radical (unpaired) electrons. The van der Waals surface area contributed by atoms with Crippen LogP contribution in [0.1, 0.15) is 10.4 Å². The molecule has 1 heterocycles. The summed E-state index contributed by atoms with van der Waals surface area (Å²) in [6.45, 7) is 0. The van der Waals surface area contributed by atoms with E-state index in [9.17, 15) is 4.79 Å². The maximum absolute atomic E-state index is 10.8. The van der Waals surface area contributed by atoms with Crippen LogP contribution in [0, 0.1) is 0 Å². The largest absolute Gasteiger partial charge is 0.478 e. The molecule has 76 valence electrons. The van der Waals surface area contributed by atoms with Crippen molar-refractivity contribution in [3.8, 4) is 0 Å². The Balaban J connectivity index is 2.82. The van der Waals surface area contributed by atoms with Crippen LogP contribution in [-0.2, 0) is 0 Å². The molecular formula is C10H5BrClNO2. The Kier molecular flexibility index (Phi) is 2.63. The molecule has 1 aromatic carbocycles. The third-order valence-electron chi connectivity index (χ3n) is 1.98. The Bertz CT molecular complexity index is 556. The number of nitrogens with zero attached hydrogens (tertiary/aromatic N) is 1. The topological polar surface area (TPSA) is 50.2 Å². The van der Waals surface area contributed by atoms with E-state index < -0.39 is 5.97 Å². The average Bonchev–Trinajstić information content (AvgIpc) is 2.18. The quantitative estimate of drug-likeness (QED) is 0.818. The van der Waals surface area contributed by atoms with Crippen molar-refractivity contribution in [2.24, 2.45) is 0 Å². The highest BCUT2D eigenvalue weighted by Gasteiger charge is 2.12. The standard InChI is InChI=1S/C10H5BrClNO2/c11-7-3-1-2-5-4-6(10(14)15)9(12)13-8(5)7/h1-4H,(H,14,15). The minimum absolute atomic E-state index is 0.00176. The van der Waals surface area contributed by atoms with Crippen LogP contribution in [0.3, 0.4) is 0 Å². The van der Waals surface area contributed by atoms with Crippen molar-refractivity contribution >= 4 is 44.4 Å². The fraction of sp³-hybridized carbons (Fsp3) is 0. The zero-order valence-corrected chi connectivity index (χ0v) is 9.71. The number of carbonyl (C=O) groups is 1. The number of para-hydroxylation sites is 1. The van der Waals surface area contributed by atoms with Crippen LogP contribution in [0.5, 0.6) is 0 Å². The van der Waals surface area contributed by atoms with E-state index in [2.05, 4.69) is 20.9 Å². The van der Waals surface area contributed by atoms with Crippen molar-refractivity contribution in [3.63, 3.8) is 0 Å². The van der Waals surface area contributed by atoms with Crippen LogP contribution in [0.2, 0.25) is 5.15 Å². The minimum Gasteiger partial charge on any atom is -0.478 e. The molecule has 0 unspecified atom stereocenters. The van der Waals surface area contributed by atoms with E-state index in [4.69, 9.17) is 16.7 Å². The van der Waals surface area contributed by atoms with Crippen LogP contribution in [0.4, 0.5) is 0 Å². The maximum atomic E-state index is 10.8. The second-order valence-corrected chi connectivity index (χ2v) is 4.16. The molecular weight excluding hydrogens is 281 g/mol. The zero-order chi connectivity index (χ0) is 11.0. The number of hydrogen-bond donors (Lipinski definition) is 1. The number of rotatable bonds is 1. The molecule has 0 bridgehead atoms. The van der Waals surface area contributed by atoms with E-state index in [0.717, 1.165) is 9.86 Å². The second-order valence-electron chi connectivity index (χ2n) is 2.94. The van der Waals surface area contributed by atoms with Gasteiger partial charge in [-0.2, -0.15) is 0 Å². The Hall–Kier alpha value is -1.13.